The van der Waals surface area contributed by atoms with E-state index in [4.69, 9.17) is 5.53 Å². The molecule has 94 valence electrons. The van der Waals surface area contributed by atoms with Crippen molar-refractivity contribution >= 4 is 17.6 Å². The van der Waals surface area contributed by atoms with Crippen LogP contribution >= 0.6 is 0 Å². The Hall–Kier alpha value is -2.53. The molecule has 0 saturated heterocycles. The number of ether oxygens (including phenoxy) is 1. The van der Waals surface area contributed by atoms with Gasteiger partial charge in [-0.2, -0.15) is 0 Å². The van der Waals surface area contributed by atoms with Gasteiger partial charge < -0.3 is 10.1 Å². The highest BCUT2D eigenvalue weighted by Crippen LogP contribution is 2.21. The van der Waals surface area contributed by atoms with Gasteiger partial charge in [0.1, 0.15) is 0 Å². The van der Waals surface area contributed by atoms with Crippen LogP contribution in [0.15, 0.2) is 23.3 Å². The molecule has 0 aliphatic carbocycles. The average molecular weight is 248 g/mol. The molecule has 1 amide bonds. The molecule has 7 heteroatoms. The zero-order valence-corrected chi connectivity index (χ0v) is 10.0. The Balaban J connectivity index is 3.07. The molecule has 1 aromatic carbocycles. The first-order valence-corrected chi connectivity index (χ1v) is 5.09. The molecule has 0 spiro atoms. The van der Waals surface area contributed by atoms with E-state index in [0.29, 0.717) is 5.56 Å². The molecule has 0 fully saturated rings. The van der Waals surface area contributed by atoms with E-state index in [1.165, 1.54) is 20.1 Å². The summed E-state index contributed by atoms with van der Waals surface area (Å²) in [5, 5.41) is 6.07. The number of amides is 1. The fraction of sp³-hybridized carbons (Fsp3) is 0.273. The smallest absolute Gasteiger partial charge is 0.337 e. The van der Waals surface area contributed by atoms with Crippen molar-refractivity contribution in [2.24, 2.45) is 5.11 Å². The third-order valence-electron chi connectivity index (χ3n) is 2.19. The molecule has 0 bridgehead atoms. The van der Waals surface area contributed by atoms with Crippen LogP contribution in [0.2, 0.25) is 0 Å². The second-order valence-electron chi connectivity index (χ2n) is 3.43. The van der Waals surface area contributed by atoms with Gasteiger partial charge in [-0.05, 0) is 23.2 Å². The Morgan fingerprint density at radius 2 is 2.22 bits per heavy atom. The van der Waals surface area contributed by atoms with Crippen molar-refractivity contribution in [1.82, 2.24) is 5.32 Å². The summed E-state index contributed by atoms with van der Waals surface area (Å²) in [6, 6.07) is 4.56. The lowest BCUT2D eigenvalue weighted by molar-refractivity contribution is -0.119. The van der Waals surface area contributed by atoms with E-state index in [1.54, 1.807) is 12.1 Å². The summed E-state index contributed by atoms with van der Waals surface area (Å²) < 4.78 is 4.56. The number of hydrogen-bond acceptors (Lipinski definition) is 4. The summed E-state index contributed by atoms with van der Waals surface area (Å²) in [4.78, 5) is 24.8. The number of carbonyl (C=O) groups is 2. The molecular weight excluding hydrogens is 236 g/mol. The van der Waals surface area contributed by atoms with Gasteiger partial charge in [0.25, 0.3) is 0 Å². The first-order chi connectivity index (χ1) is 8.58. The Morgan fingerprint density at radius 1 is 1.50 bits per heavy atom. The van der Waals surface area contributed by atoms with Crippen LogP contribution in [0.1, 0.15) is 22.8 Å². The molecule has 0 aliphatic rings. The third-order valence-corrected chi connectivity index (χ3v) is 2.19. The number of hydrogen-bond donors (Lipinski definition) is 1. The van der Waals surface area contributed by atoms with Crippen molar-refractivity contribution in [2.75, 3.05) is 7.11 Å². The van der Waals surface area contributed by atoms with Gasteiger partial charge in [0.05, 0.1) is 12.7 Å². The quantitative estimate of drug-likeness (QED) is 0.381. The van der Waals surface area contributed by atoms with E-state index in [1.807, 2.05) is 0 Å². The molecule has 0 radical (unpaired) electrons. The summed E-state index contributed by atoms with van der Waals surface area (Å²) in [5.41, 5.74) is 9.65. The monoisotopic (exact) mass is 248 g/mol. The molecule has 0 aromatic heterocycles. The van der Waals surface area contributed by atoms with Gasteiger partial charge in [0.15, 0.2) is 0 Å². The second-order valence-corrected chi connectivity index (χ2v) is 3.43. The van der Waals surface area contributed by atoms with Gasteiger partial charge in [-0.15, -0.1) is 0 Å². The van der Waals surface area contributed by atoms with Crippen LogP contribution < -0.4 is 5.32 Å². The number of methoxy groups -OCH3 is 1. The van der Waals surface area contributed by atoms with Crippen molar-refractivity contribution in [1.29, 1.82) is 0 Å². The normalized spacial score (nSPS) is 9.22. The largest absolute Gasteiger partial charge is 0.465 e. The highest BCUT2D eigenvalue weighted by molar-refractivity contribution is 5.90. The highest BCUT2D eigenvalue weighted by atomic mass is 16.5. The standard InChI is InChI=1S/C11H12N4O3/c1-7(16)13-6-9-4-3-8(11(17)18-2)5-10(9)14-15-12/h3-5H,6H2,1-2H3,(H,13,16). The molecule has 0 unspecified atom stereocenters. The number of carbonyl (C=O) groups excluding carboxylic acids is 2. The zero-order valence-electron chi connectivity index (χ0n) is 10.0. The maximum absolute atomic E-state index is 11.3. The minimum Gasteiger partial charge on any atom is -0.465 e. The molecule has 1 N–H and O–H groups in total. The van der Waals surface area contributed by atoms with Crippen LogP contribution in [0.25, 0.3) is 10.4 Å². The fourth-order valence-electron chi connectivity index (χ4n) is 1.32. The van der Waals surface area contributed by atoms with Crippen LogP contribution in [-0.2, 0) is 16.1 Å². The first kappa shape index (κ1) is 13.5. The molecular formula is C11H12N4O3. The van der Waals surface area contributed by atoms with Crippen molar-refractivity contribution in [3.05, 3.63) is 39.8 Å². The maximum Gasteiger partial charge on any atom is 0.337 e. The van der Waals surface area contributed by atoms with Crippen LogP contribution in [0.3, 0.4) is 0 Å². The van der Waals surface area contributed by atoms with Gasteiger partial charge in [0, 0.05) is 24.1 Å². The maximum atomic E-state index is 11.3. The Morgan fingerprint density at radius 3 is 2.78 bits per heavy atom. The third kappa shape index (κ3) is 3.50. The number of benzene rings is 1. The average Bonchev–Trinajstić information content (AvgIpc) is 2.36. The summed E-state index contributed by atoms with van der Waals surface area (Å²) >= 11 is 0. The number of nitrogens with one attached hydrogen (secondary N) is 1. The SMILES string of the molecule is COC(=O)c1ccc(CNC(C)=O)c(N=[N+]=[N-])c1. The summed E-state index contributed by atoms with van der Waals surface area (Å²) in [5.74, 6) is -0.714. The molecule has 7 nitrogen and oxygen atoms in total. The Kier molecular flexibility index (Phi) is 4.71. The number of azide groups is 1. The lowest BCUT2D eigenvalue weighted by atomic mass is 10.1. The van der Waals surface area contributed by atoms with Crippen molar-refractivity contribution in [3.63, 3.8) is 0 Å². The number of esters is 1. The zero-order chi connectivity index (χ0) is 13.5. The van der Waals surface area contributed by atoms with Crippen molar-refractivity contribution < 1.29 is 14.3 Å². The Labute approximate surface area is 103 Å². The summed E-state index contributed by atoms with van der Waals surface area (Å²) in [6.07, 6.45) is 0. The fourth-order valence-corrected chi connectivity index (χ4v) is 1.32. The number of nitrogens with zero attached hydrogens (tertiary/aromatic N) is 3. The van der Waals surface area contributed by atoms with Crippen LogP contribution in [0.4, 0.5) is 5.69 Å². The van der Waals surface area contributed by atoms with Gasteiger partial charge in [-0.3, -0.25) is 4.79 Å². The predicted molar refractivity (Wildman–Crippen MR) is 64.1 cm³/mol. The first-order valence-electron chi connectivity index (χ1n) is 5.09. The van der Waals surface area contributed by atoms with Crippen molar-refractivity contribution in [3.8, 4) is 0 Å². The van der Waals surface area contributed by atoms with E-state index in [0.717, 1.165) is 0 Å². The summed E-state index contributed by atoms with van der Waals surface area (Å²) in [6.45, 7) is 1.61. The molecule has 0 heterocycles. The van der Waals surface area contributed by atoms with Gasteiger partial charge in [-0.25, -0.2) is 4.79 Å². The van der Waals surface area contributed by atoms with E-state index in [-0.39, 0.29) is 23.7 Å². The lowest BCUT2D eigenvalue weighted by Crippen LogP contribution is -2.19. The topological polar surface area (TPSA) is 104 Å². The van der Waals surface area contributed by atoms with Crippen molar-refractivity contribution in [2.45, 2.75) is 13.5 Å². The van der Waals surface area contributed by atoms with Gasteiger partial charge in [0.2, 0.25) is 5.91 Å². The molecule has 18 heavy (non-hydrogen) atoms. The van der Waals surface area contributed by atoms with Crippen LogP contribution in [0.5, 0.6) is 0 Å². The molecule has 1 aromatic rings. The molecule has 0 atom stereocenters. The molecule has 1 rings (SSSR count). The van der Waals surface area contributed by atoms with Crippen LogP contribution in [0, 0.1) is 0 Å². The van der Waals surface area contributed by atoms with E-state index in [2.05, 4.69) is 20.1 Å². The molecule has 0 saturated carbocycles. The van der Waals surface area contributed by atoms with E-state index < -0.39 is 5.97 Å². The molecule has 0 aliphatic heterocycles. The van der Waals surface area contributed by atoms with Crippen LogP contribution in [-0.4, -0.2) is 19.0 Å². The summed E-state index contributed by atoms with van der Waals surface area (Å²) in [7, 11) is 1.26. The minimum atomic E-state index is -0.518. The van der Waals surface area contributed by atoms with E-state index >= 15 is 0 Å². The number of rotatable bonds is 4. The van der Waals surface area contributed by atoms with Gasteiger partial charge in [-0.1, -0.05) is 11.2 Å². The highest BCUT2D eigenvalue weighted by Gasteiger charge is 2.09. The van der Waals surface area contributed by atoms with Gasteiger partial charge >= 0.3 is 5.97 Å². The predicted octanol–water partition coefficient (Wildman–Crippen LogP) is 2.05. The lowest BCUT2D eigenvalue weighted by Gasteiger charge is -2.07. The second kappa shape index (κ2) is 6.27. The van der Waals surface area contributed by atoms with E-state index in [9.17, 15) is 9.59 Å². The Bertz CT molecular complexity index is 521. The minimum absolute atomic E-state index is 0.195.